The molecule has 2 aliphatic rings. The van der Waals surface area contributed by atoms with Crippen molar-refractivity contribution in [2.24, 2.45) is 5.73 Å². The minimum Gasteiger partial charge on any atom is -0.368 e. The fraction of sp³-hybridized carbons (Fsp3) is 0.467. The van der Waals surface area contributed by atoms with Crippen molar-refractivity contribution in [1.29, 1.82) is 0 Å². The molecule has 2 saturated heterocycles. The maximum absolute atomic E-state index is 12.6. The van der Waals surface area contributed by atoms with E-state index in [4.69, 9.17) is 10.5 Å². The van der Waals surface area contributed by atoms with E-state index >= 15 is 0 Å². The normalized spacial score (nSPS) is 29.3. The van der Waals surface area contributed by atoms with E-state index in [1.54, 1.807) is 4.90 Å². The number of carbonyl (C=O) groups is 2. The molecular weight excluding hydrogens is 256 g/mol. The number of nitrogens with two attached hydrogens (primary N) is 1. The molecule has 2 amide bonds. The zero-order chi connectivity index (χ0) is 14.2. The molecule has 0 bridgehead atoms. The Kier molecular flexibility index (Phi) is 3.22. The standard InChI is InChI=1S/C15H18N2O3/c16-13(18)12-9-15(7-4-8-20-15)14(19)17(12)10-11-5-2-1-3-6-11/h1-3,5-6,12H,4,7-10H2,(H2,16,18)/t12-,15-/m1/s1. The number of hydrogen-bond acceptors (Lipinski definition) is 3. The van der Waals surface area contributed by atoms with Gasteiger partial charge in [-0.15, -0.1) is 0 Å². The summed E-state index contributed by atoms with van der Waals surface area (Å²) in [7, 11) is 0. The SMILES string of the molecule is NC(=O)[C@H]1C[C@]2(CCCO2)C(=O)N1Cc1ccccc1. The second-order valence-electron chi connectivity index (χ2n) is 5.49. The molecule has 5 nitrogen and oxygen atoms in total. The fourth-order valence-corrected chi connectivity index (χ4v) is 3.16. The van der Waals surface area contributed by atoms with Gasteiger partial charge in [-0.25, -0.2) is 0 Å². The first-order chi connectivity index (χ1) is 9.62. The van der Waals surface area contributed by atoms with Crippen molar-refractivity contribution in [3.05, 3.63) is 35.9 Å². The molecule has 1 aromatic rings. The van der Waals surface area contributed by atoms with Crippen molar-refractivity contribution in [1.82, 2.24) is 4.90 Å². The molecule has 0 aliphatic carbocycles. The molecule has 2 N–H and O–H groups in total. The summed E-state index contributed by atoms with van der Waals surface area (Å²) < 4.78 is 5.66. The quantitative estimate of drug-likeness (QED) is 0.887. The molecule has 2 atom stereocenters. The van der Waals surface area contributed by atoms with Gasteiger partial charge in [-0.1, -0.05) is 30.3 Å². The Morgan fingerprint density at radius 1 is 1.40 bits per heavy atom. The van der Waals surface area contributed by atoms with Gasteiger partial charge in [-0.05, 0) is 18.4 Å². The van der Waals surface area contributed by atoms with Gasteiger partial charge in [0.25, 0.3) is 5.91 Å². The third-order valence-corrected chi connectivity index (χ3v) is 4.18. The minimum absolute atomic E-state index is 0.0948. The van der Waals surface area contributed by atoms with E-state index in [9.17, 15) is 9.59 Å². The summed E-state index contributed by atoms with van der Waals surface area (Å²) >= 11 is 0. The Labute approximate surface area is 117 Å². The highest BCUT2D eigenvalue weighted by molar-refractivity contribution is 5.95. The van der Waals surface area contributed by atoms with E-state index in [1.165, 1.54) is 0 Å². The monoisotopic (exact) mass is 274 g/mol. The average Bonchev–Trinajstić information content (AvgIpc) is 3.02. The molecule has 0 unspecified atom stereocenters. The molecular formula is C15H18N2O3. The van der Waals surface area contributed by atoms with E-state index < -0.39 is 17.6 Å². The summed E-state index contributed by atoms with van der Waals surface area (Å²) in [4.78, 5) is 25.9. The Morgan fingerprint density at radius 3 is 2.75 bits per heavy atom. The van der Waals surface area contributed by atoms with Crippen LogP contribution in [0.15, 0.2) is 30.3 Å². The smallest absolute Gasteiger partial charge is 0.255 e. The van der Waals surface area contributed by atoms with Gasteiger partial charge < -0.3 is 15.4 Å². The van der Waals surface area contributed by atoms with Gasteiger partial charge >= 0.3 is 0 Å². The second kappa shape index (κ2) is 4.90. The van der Waals surface area contributed by atoms with Crippen molar-refractivity contribution in [2.45, 2.75) is 37.5 Å². The van der Waals surface area contributed by atoms with Crippen LogP contribution in [0.5, 0.6) is 0 Å². The molecule has 106 valence electrons. The van der Waals surface area contributed by atoms with Crippen LogP contribution in [0.25, 0.3) is 0 Å². The lowest BCUT2D eigenvalue weighted by molar-refractivity contribution is -0.146. The lowest BCUT2D eigenvalue weighted by atomic mass is 9.96. The summed E-state index contributed by atoms with van der Waals surface area (Å²) in [6.07, 6.45) is 1.92. The molecule has 2 aliphatic heterocycles. The van der Waals surface area contributed by atoms with Crippen molar-refractivity contribution in [3.8, 4) is 0 Å². The van der Waals surface area contributed by atoms with Crippen LogP contribution in [0.2, 0.25) is 0 Å². The van der Waals surface area contributed by atoms with Crippen molar-refractivity contribution in [3.63, 3.8) is 0 Å². The van der Waals surface area contributed by atoms with E-state index in [0.29, 0.717) is 26.0 Å². The molecule has 3 rings (SSSR count). The predicted molar refractivity (Wildman–Crippen MR) is 72.5 cm³/mol. The van der Waals surface area contributed by atoms with Crippen LogP contribution in [0.1, 0.15) is 24.8 Å². The highest BCUT2D eigenvalue weighted by Gasteiger charge is 2.55. The molecule has 0 radical (unpaired) electrons. The molecule has 1 aromatic carbocycles. The van der Waals surface area contributed by atoms with Crippen LogP contribution in [0, 0.1) is 0 Å². The number of primary amides is 1. The third-order valence-electron chi connectivity index (χ3n) is 4.18. The van der Waals surface area contributed by atoms with Crippen LogP contribution in [-0.2, 0) is 20.9 Å². The second-order valence-corrected chi connectivity index (χ2v) is 5.49. The highest BCUT2D eigenvalue weighted by atomic mass is 16.5. The number of hydrogen-bond donors (Lipinski definition) is 1. The topological polar surface area (TPSA) is 72.6 Å². The number of rotatable bonds is 3. The lowest BCUT2D eigenvalue weighted by Gasteiger charge is -2.23. The van der Waals surface area contributed by atoms with E-state index in [1.807, 2.05) is 30.3 Å². The van der Waals surface area contributed by atoms with Crippen LogP contribution >= 0.6 is 0 Å². The molecule has 1 spiro atoms. The maximum atomic E-state index is 12.6. The number of likely N-dealkylation sites (tertiary alicyclic amines) is 1. The van der Waals surface area contributed by atoms with Gasteiger partial charge in [0, 0.05) is 19.6 Å². The van der Waals surface area contributed by atoms with Gasteiger partial charge in [-0.3, -0.25) is 9.59 Å². The van der Waals surface area contributed by atoms with E-state index in [0.717, 1.165) is 12.0 Å². The van der Waals surface area contributed by atoms with Crippen molar-refractivity contribution < 1.29 is 14.3 Å². The number of ether oxygens (including phenoxy) is 1. The molecule has 0 aromatic heterocycles. The third kappa shape index (κ3) is 2.08. The minimum atomic E-state index is -0.811. The summed E-state index contributed by atoms with van der Waals surface area (Å²) in [6.45, 7) is 0.981. The zero-order valence-electron chi connectivity index (χ0n) is 11.2. The molecule has 2 fully saturated rings. The predicted octanol–water partition coefficient (Wildman–Crippen LogP) is 0.822. The van der Waals surface area contributed by atoms with Gasteiger partial charge in [0.1, 0.15) is 11.6 Å². The Bertz CT molecular complexity index is 523. The molecule has 5 heteroatoms. The van der Waals surface area contributed by atoms with E-state index in [-0.39, 0.29) is 5.91 Å². The first-order valence-electron chi connectivity index (χ1n) is 6.91. The molecule has 2 heterocycles. The maximum Gasteiger partial charge on any atom is 0.255 e. The zero-order valence-corrected chi connectivity index (χ0v) is 11.2. The summed E-state index contributed by atoms with van der Waals surface area (Å²) in [5.41, 5.74) is 5.64. The number of nitrogens with zero attached hydrogens (tertiary/aromatic N) is 1. The van der Waals surface area contributed by atoms with Crippen LogP contribution in [0.4, 0.5) is 0 Å². The highest BCUT2D eigenvalue weighted by Crippen LogP contribution is 2.40. The number of amides is 2. The summed E-state index contributed by atoms with van der Waals surface area (Å²) in [6, 6.07) is 9.05. The fourth-order valence-electron chi connectivity index (χ4n) is 3.16. The van der Waals surface area contributed by atoms with Crippen LogP contribution in [-0.4, -0.2) is 35.0 Å². The first-order valence-corrected chi connectivity index (χ1v) is 6.91. The Hall–Kier alpha value is -1.88. The summed E-state index contributed by atoms with van der Waals surface area (Å²) in [5, 5.41) is 0. The van der Waals surface area contributed by atoms with Crippen molar-refractivity contribution in [2.75, 3.05) is 6.61 Å². The largest absolute Gasteiger partial charge is 0.368 e. The lowest BCUT2D eigenvalue weighted by Crippen LogP contribution is -2.43. The number of carbonyl (C=O) groups excluding carboxylic acids is 2. The van der Waals surface area contributed by atoms with Gasteiger partial charge in [0.15, 0.2) is 0 Å². The Morgan fingerprint density at radius 2 is 2.15 bits per heavy atom. The van der Waals surface area contributed by atoms with Gasteiger partial charge in [0.05, 0.1) is 0 Å². The first kappa shape index (κ1) is 13.1. The summed E-state index contributed by atoms with van der Waals surface area (Å²) in [5.74, 6) is -0.552. The molecule has 0 saturated carbocycles. The molecule has 20 heavy (non-hydrogen) atoms. The van der Waals surface area contributed by atoms with Crippen LogP contribution in [0.3, 0.4) is 0 Å². The van der Waals surface area contributed by atoms with Gasteiger partial charge in [-0.2, -0.15) is 0 Å². The number of benzene rings is 1. The van der Waals surface area contributed by atoms with Crippen molar-refractivity contribution >= 4 is 11.8 Å². The van der Waals surface area contributed by atoms with E-state index in [2.05, 4.69) is 0 Å². The Balaban J connectivity index is 1.87. The van der Waals surface area contributed by atoms with Crippen LogP contribution < -0.4 is 5.73 Å². The van der Waals surface area contributed by atoms with Gasteiger partial charge in [0.2, 0.25) is 5.91 Å². The average molecular weight is 274 g/mol.